The monoisotopic (exact) mass is 429 g/mol. The average Bonchev–Trinajstić information content (AvgIpc) is 3.05. The molecule has 1 aliphatic rings. The Labute approximate surface area is 184 Å². The van der Waals surface area contributed by atoms with Gasteiger partial charge in [-0.3, -0.25) is 14.2 Å². The van der Waals surface area contributed by atoms with Gasteiger partial charge in [0.15, 0.2) is 0 Å². The lowest BCUT2D eigenvalue weighted by Gasteiger charge is -2.34. The number of fused-ring (bicyclic) bond motifs is 1. The van der Waals surface area contributed by atoms with Crippen molar-refractivity contribution in [3.05, 3.63) is 29.5 Å². The second-order valence-electron chi connectivity index (χ2n) is 8.13. The maximum atomic E-state index is 12.6. The Morgan fingerprint density at radius 2 is 1.84 bits per heavy atom. The van der Waals surface area contributed by atoms with Crippen LogP contribution in [0.1, 0.15) is 24.1 Å². The topological polar surface area (TPSA) is 92.8 Å². The van der Waals surface area contributed by atoms with Crippen molar-refractivity contribution < 1.29 is 14.3 Å². The number of hydrogen-bond donors (Lipinski definition) is 2. The summed E-state index contributed by atoms with van der Waals surface area (Å²) in [5.41, 5.74) is 8.04. The molecule has 1 saturated heterocycles. The normalized spacial score (nSPS) is 15.3. The van der Waals surface area contributed by atoms with E-state index >= 15 is 0 Å². The molecular formula is C23H35N5O3. The Hall–Kier alpha value is -2.42. The first kappa shape index (κ1) is 23.2. The number of nitrogens with two attached hydrogens (primary N) is 1. The number of benzene rings is 1. The van der Waals surface area contributed by atoms with Gasteiger partial charge in [0.2, 0.25) is 12.3 Å². The van der Waals surface area contributed by atoms with Gasteiger partial charge in [-0.05, 0) is 63.2 Å². The lowest BCUT2D eigenvalue weighted by Crippen LogP contribution is -2.47. The van der Waals surface area contributed by atoms with Crippen LogP contribution in [-0.4, -0.2) is 86.2 Å². The Balaban J connectivity index is 1.48. The molecule has 0 atom stereocenters. The van der Waals surface area contributed by atoms with Crippen molar-refractivity contribution in [3.63, 3.8) is 0 Å². The lowest BCUT2D eigenvalue weighted by atomic mass is 10.1. The first-order chi connectivity index (χ1) is 15.1. The third-order valence-corrected chi connectivity index (χ3v) is 6.15. The number of carbonyl (C=O) groups is 2. The number of hydrogen-bond acceptors (Lipinski definition) is 6. The molecule has 1 aliphatic heterocycles. The summed E-state index contributed by atoms with van der Waals surface area (Å²) in [7, 11) is 1.61. The molecule has 0 unspecified atom stereocenters. The first-order valence-corrected chi connectivity index (χ1v) is 11.1. The van der Waals surface area contributed by atoms with E-state index in [2.05, 4.69) is 15.1 Å². The molecule has 3 rings (SSSR count). The van der Waals surface area contributed by atoms with Crippen molar-refractivity contribution in [2.75, 3.05) is 59.5 Å². The summed E-state index contributed by atoms with van der Waals surface area (Å²) in [4.78, 5) is 29.1. The quantitative estimate of drug-likeness (QED) is 0.409. The van der Waals surface area contributed by atoms with E-state index in [1.54, 1.807) is 11.7 Å². The summed E-state index contributed by atoms with van der Waals surface area (Å²) in [6.45, 7) is 9.69. The summed E-state index contributed by atoms with van der Waals surface area (Å²) >= 11 is 0. The zero-order valence-electron chi connectivity index (χ0n) is 18.7. The molecule has 0 saturated carbocycles. The number of methoxy groups -OCH3 is 1. The van der Waals surface area contributed by atoms with Crippen LogP contribution in [0.3, 0.4) is 0 Å². The third-order valence-electron chi connectivity index (χ3n) is 6.15. The molecule has 1 aromatic carbocycles. The van der Waals surface area contributed by atoms with E-state index in [0.29, 0.717) is 12.3 Å². The molecule has 1 aromatic heterocycles. The van der Waals surface area contributed by atoms with Gasteiger partial charge in [0, 0.05) is 43.8 Å². The van der Waals surface area contributed by atoms with Gasteiger partial charge in [-0.1, -0.05) is 0 Å². The Morgan fingerprint density at radius 3 is 2.45 bits per heavy atom. The van der Waals surface area contributed by atoms with E-state index in [4.69, 9.17) is 10.5 Å². The fourth-order valence-electron chi connectivity index (χ4n) is 4.28. The molecule has 0 spiro atoms. The van der Waals surface area contributed by atoms with Gasteiger partial charge in [0.05, 0.1) is 19.0 Å². The van der Waals surface area contributed by atoms with Crippen LogP contribution in [0.15, 0.2) is 18.2 Å². The predicted molar refractivity (Wildman–Crippen MR) is 123 cm³/mol. The molecule has 8 nitrogen and oxygen atoms in total. The maximum absolute atomic E-state index is 12.6. The van der Waals surface area contributed by atoms with Crippen LogP contribution in [0.25, 0.3) is 10.9 Å². The Bertz CT molecular complexity index is 887. The molecule has 2 aromatic rings. The number of ether oxygens (including phenoxy) is 1. The zero-order valence-corrected chi connectivity index (χ0v) is 18.7. The number of nitrogens with one attached hydrogen (secondary N) is 1. The van der Waals surface area contributed by atoms with Crippen LogP contribution >= 0.6 is 0 Å². The highest BCUT2D eigenvalue weighted by Crippen LogP contribution is 2.29. The fourth-order valence-corrected chi connectivity index (χ4v) is 4.28. The number of rotatable bonds is 11. The highest BCUT2D eigenvalue weighted by Gasteiger charge is 2.18. The smallest absolute Gasteiger partial charge is 0.224 e. The van der Waals surface area contributed by atoms with Crippen molar-refractivity contribution in [2.24, 2.45) is 5.73 Å². The second kappa shape index (κ2) is 11.3. The molecule has 0 radical (unpaired) electrons. The van der Waals surface area contributed by atoms with Gasteiger partial charge in [0.1, 0.15) is 5.75 Å². The predicted octanol–water partition coefficient (Wildman–Crippen LogP) is 1.01. The average molecular weight is 430 g/mol. The highest BCUT2D eigenvalue weighted by atomic mass is 16.5. The van der Waals surface area contributed by atoms with Gasteiger partial charge in [-0.2, -0.15) is 0 Å². The van der Waals surface area contributed by atoms with E-state index in [0.717, 1.165) is 87.2 Å². The maximum Gasteiger partial charge on any atom is 0.224 e. The molecule has 1 amide bonds. The molecule has 1 fully saturated rings. The van der Waals surface area contributed by atoms with E-state index < -0.39 is 0 Å². The van der Waals surface area contributed by atoms with E-state index in [1.165, 1.54) is 0 Å². The molecule has 8 heteroatoms. The van der Waals surface area contributed by atoms with Crippen LogP contribution < -0.4 is 15.8 Å². The van der Waals surface area contributed by atoms with E-state index in [9.17, 15) is 9.59 Å². The molecule has 0 bridgehead atoms. The minimum absolute atomic E-state index is 0.0255. The molecule has 170 valence electrons. The van der Waals surface area contributed by atoms with Crippen LogP contribution in [0.4, 0.5) is 0 Å². The van der Waals surface area contributed by atoms with Gasteiger partial charge in [-0.15, -0.1) is 0 Å². The number of carbonyl (C=O) groups excluding carboxylic acids is 2. The van der Waals surface area contributed by atoms with Crippen molar-refractivity contribution in [2.45, 2.75) is 26.2 Å². The van der Waals surface area contributed by atoms with Crippen molar-refractivity contribution in [3.8, 4) is 5.75 Å². The van der Waals surface area contributed by atoms with Gasteiger partial charge in [0.25, 0.3) is 0 Å². The summed E-state index contributed by atoms with van der Waals surface area (Å²) in [5, 5.41) is 3.92. The summed E-state index contributed by atoms with van der Waals surface area (Å²) in [6, 6.07) is 5.56. The minimum atomic E-state index is -0.0255. The third kappa shape index (κ3) is 5.84. The molecular weight excluding hydrogens is 394 g/mol. The van der Waals surface area contributed by atoms with Crippen molar-refractivity contribution in [1.29, 1.82) is 0 Å². The van der Waals surface area contributed by atoms with E-state index in [1.807, 2.05) is 25.1 Å². The second-order valence-corrected chi connectivity index (χ2v) is 8.13. The summed E-state index contributed by atoms with van der Waals surface area (Å²) in [5.74, 6) is 0.683. The van der Waals surface area contributed by atoms with Gasteiger partial charge >= 0.3 is 0 Å². The summed E-state index contributed by atoms with van der Waals surface area (Å²) in [6.07, 6.45) is 3.03. The number of nitrogens with zero attached hydrogens (tertiary/aromatic N) is 3. The highest BCUT2D eigenvalue weighted by molar-refractivity contribution is 5.94. The van der Waals surface area contributed by atoms with Crippen LogP contribution in [0, 0.1) is 6.92 Å². The first-order valence-electron chi connectivity index (χ1n) is 11.1. The molecule has 2 heterocycles. The number of amides is 1. The molecule has 31 heavy (non-hydrogen) atoms. The summed E-state index contributed by atoms with van der Waals surface area (Å²) < 4.78 is 6.90. The fraction of sp³-hybridized carbons (Fsp3) is 0.565. The minimum Gasteiger partial charge on any atom is -0.497 e. The van der Waals surface area contributed by atoms with Crippen LogP contribution in [-0.2, 0) is 16.0 Å². The van der Waals surface area contributed by atoms with Crippen LogP contribution in [0.2, 0.25) is 0 Å². The zero-order chi connectivity index (χ0) is 22.2. The van der Waals surface area contributed by atoms with Crippen LogP contribution in [0.5, 0.6) is 5.75 Å². The lowest BCUT2D eigenvalue weighted by molar-refractivity contribution is -0.120. The van der Waals surface area contributed by atoms with Crippen molar-refractivity contribution >= 4 is 23.2 Å². The largest absolute Gasteiger partial charge is 0.497 e. The SMILES string of the molecule is COc1ccc2c(c1)c(CC(=O)NCCCN1CCN(CCCN)CC1)c(C)n2C=O. The Morgan fingerprint density at radius 1 is 1.16 bits per heavy atom. The standard InChI is InChI=1S/C23H35N5O3/c1-18-20(21-15-19(31-2)5-6-22(21)28(18)17-29)16-23(30)25-8-4-10-27-13-11-26(12-14-27)9-3-7-24/h5-6,15,17H,3-4,7-14,16,24H2,1-2H3,(H,25,30). The number of piperazine rings is 1. The van der Waals surface area contributed by atoms with Gasteiger partial charge < -0.3 is 25.6 Å². The Kier molecular flexibility index (Phi) is 8.45. The number of aromatic nitrogens is 1. The van der Waals surface area contributed by atoms with E-state index in [-0.39, 0.29) is 12.3 Å². The van der Waals surface area contributed by atoms with Crippen molar-refractivity contribution in [1.82, 2.24) is 19.7 Å². The van der Waals surface area contributed by atoms with Gasteiger partial charge in [-0.25, -0.2) is 0 Å². The molecule has 3 N–H and O–H groups in total. The molecule has 0 aliphatic carbocycles.